The zero-order valence-electron chi connectivity index (χ0n) is 18.5. The van der Waals surface area contributed by atoms with E-state index in [1.54, 1.807) is 6.07 Å². The molecule has 0 radical (unpaired) electrons. The van der Waals surface area contributed by atoms with E-state index in [2.05, 4.69) is 9.80 Å². The molecule has 2 aliphatic rings. The normalized spacial score (nSPS) is 20.2. The predicted molar refractivity (Wildman–Crippen MR) is 121 cm³/mol. The van der Waals surface area contributed by atoms with Crippen molar-refractivity contribution in [2.75, 3.05) is 44.2 Å². The van der Waals surface area contributed by atoms with Crippen LogP contribution in [0.2, 0.25) is 0 Å². The van der Waals surface area contributed by atoms with E-state index in [0.717, 1.165) is 57.9 Å². The summed E-state index contributed by atoms with van der Waals surface area (Å²) >= 11 is 0. The fourth-order valence-corrected chi connectivity index (χ4v) is 4.60. The first-order valence-corrected chi connectivity index (χ1v) is 11.3. The van der Waals surface area contributed by atoms with E-state index in [9.17, 15) is 9.18 Å². The first-order chi connectivity index (χ1) is 15.0. The highest BCUT2D eigenvalue weighted by molar-refractivity contribution is 5.94. The van der Waals surface area contributed by atoms with Gasteiger partial charge < -0.3 is 14.5 Å². The molecule has 0 N–H and O–H groups in total. The van der Waals surface area contributed by atoms with Crippen LogP contribution in [0.1, 0.15) is 37.0 Å². The largest absolute Gasteiger partial charge is 0.491 e. The number of ether oxygens (including phenoxy) is 1. The van der Waals surface area contributed by atoms with E-state index < -0.39 is 0 Å². The van der Waals surface area contributed by atoms with Gasteiger partial charge in [0.1, 0.15) is 11.6 Å². The van der Waals surface area contributed by atoms with Crippen LogP contribution < -0.4 is 9.64 Å². The van der Waals surface area contributed by atoms with Gasteiger partial charge in [-0.2, -0.15) is 0 Å². The van der Waals surface area contributed by atoms with Gasteiger partial charge in [0.05, 0.1) is 11.8 Å². The highest BCUT2D eigenvalue weighted by Crippen LogP contribution is 2.24. The van der Waals surface area contributed by atoms with E-state index >= 15 is 0 Å². The Bertz CT molecular complexity index is 879. The molecule has 2 heterocycles. The molecule has 2 fully saturated rings. The van der Waals surface area contributed by atoms with Crippen LogP contribution in [0.5, 0.6) is 5.75 Å². The Hall–Kier alpha value is -2.60. The minimum Gasteiger partial charge on any atom is -0.491 e. The van der Waals surface area contributed by atoms with Gasteiger partial charge >= 0.3 is 0 Å². The van der Waals surface area contributed by atoms with Crippen molar-refractivity contribution >= 4 is 11.6 Å². The van der Waals surface area contributed by atoms with E-state index in [4.69, 9.17) is 4.74 Å². The van der Waals surface area contributed by atoms with Gasteiger partial charge in [0.25, 0.3) is 5.91 Å². The molecule has 1 amide bonds. The quantitative estimate of drug-likeness (QED) is 0.725. The maximum atomic E-state index is 14.1. The number of nitrogens with zero attached hydrogens (tertiary/aromatic N) is 3. The summed E-state index contributed by atoms with van der Waals surface area (Å²) in [6.07, 6.45) is 2.23. The molecule has 1 atom stereocenters. The Morgan fingerprint density at radius 1 is 1.00 bits per heavy atom. The lowest BCUT2D eigenvalue weighted by molar-refractivity contribution is 0.0563. The van der Waals surface area contributed by atoms with Crippen LogP contribution in [0.15, 0.2) is 48.5 Å². The van der Waals surface area contributed by atoms with E-state index in [-0.39, 0.29) is 17.8 Å². The minimum atomic E-state index is -0.157. The molecular formula is C25H32FN3O2. The fraction of sp³-hybridized carbons (Fsp3) is 0.480. The molecule has 0 bridgehead atoms. The standard InChI is InChI=1S/C25H32FN3O2/c1-19(2)31-22-11-9-20(10-12-22)25(30)29-13-5-6-21(18-29)27-14-16-28(17-15-27)24-8-4-3-7-23(24)26/h3-4,7-12,19,21H,5-6,13-18H2,1-2H3. The number of piperazine rings is 1. The van der Waals surface area contributed by atoms with E-state index in [1.165, 1.54) is 6.07 Å². The molecule has 2 aliphatic heterocycles. The summed E-state index contributed by atoms with van der Waals surface area (Å²) in [5.74, 6) is 0.719. The summed E-state index contributed by atoms with van der Waals surface area (Å²) in [5, 5.41) is 0. The number of piperidine rings is 1. The molecule has 6 heteroatoms. The number of para-hydroxylation sites is 1. The van der Waals surface area contributed by atoms with Crippen molar-refractivity contribution in [3.63, 3.8) is 0 Å². The summed E-state index contributed by atoms with van der Waals surface area (Å²) in [6, 6.07) is 14.8. The van der Waals surface area contributed by atoms with Crippen molar-refractivity contribution in [3.8, 4) is 5.75 Å². The van der Waals surface area contributed by atoms with Gasteiger partial charge in [0, 0.05) is 50.9 Å². The van der Waals surface area contributed by atoms with Crippen LogP contribution in [-0.2, 0) is 0 Å². The first-order valence-electron chi connectivity index (χ1n) is 11.3. The number of hydrogen-bond donors (Lipinski definition) is 0. The number of carbonyl (C=O) groups is 1. The second-order valence-corrected chi connectivity index (χ2v) is 8.71. The van der Waals surface area contributed by atoms with Gasteiger partial charge in [0.15, 0.2) is 0 Å². The zero-order chi connectivity index (χ0) is 21.8. The van der Waals surface area contributed by atoms with Crippen molar-refractivity contribution in [1.82, 2.24) is 9.80 Å². The average Bonchev–Trinajstić information content (AvgIpc) is 2.79. The van der Waals surface area contributed by atoms with E-state index in [0.29, 0.717) is 17.3 Å². The molecule has 0 aliphatic carbocycles. The fourth-order valence-electron chi connectivity index (χ4n) is 4.60. The van der Waals surface area contributed by atoms with Gasteiger partial charge in [-0.25, -0.2) is 4.39 Å². The molecule has 0 spiro atoms. The van der Waals surface area contributed by atoms with Gasteiger partial charge in [-0.3, -0.25) is 9.69 Å². The summed E-state index contributed by atoms with van der Waals surface area (Å²) in [6.45, 7) is 8.93. The Balaban J connectivity index is 1.33. The number of amides is 1. The molecule has 2 aromatic rings. The third-order valence-corrected chi connectivity index (χ3v) is 6.18. The Kier molecular flexibility index (Phi) is 6.76. The monoisotopic (exact) mass is 425 g/mol. The van der Waals surface area contributed by atoms with Gasteiger partial charge in [-0.15, -0.1) is 0 Å². The molecular weight excluding hydrogens is 393 g/mol. The van der Waals surface area contributed by atoms with Crippen LogP contribution in [0.4, 0.5) is 10.1 Å². The number of carbonyl (C=O) groups excluding carboxylic acids is 1. The SMILES string of the molecule is CC(C)Oc1ccc(C(=O)N2CCCC(N3CCN(c4ccccc4F)CC3)C2)cc1. The Morgan fingerprint density at radius 3 is 2.39 bits per heavy atom. The minimum absolute atomic E-state index is 0.0887. The number of likely N-dealkylation sites (tertiary alicyclic amines) is 1. The smallest absolute Gasteiger partial charge is 0.253 e. The lowest BCUT2D eigenvalue weighted by Gasteiger charge is -2.44. The maximum absolute atomic E-state index is 14.1. The van der Waals surface area contributed by atoms with Crippen LogP contribution in [0, 0.1) is 5.82 Å². The lowest BCUT2D eigenvalue weighted by atomic mass is 10.0. The maximum Gasteiger partial charge on any atom is 0.253 e. The summed E-state index contributed by atoms with van der Waals surface area (Å²) < 4.78 is 19.8. The second kappa shape index (κ2) is 9.69. The van der Waals surface area contributed by atoms with Crippen molar-refractivity contribution < 1.29 is 13.9 Å². The number of halogens is 1. The Morgan fingerprint density at radius 2 is 1.71 bits per heavy atom. The molecule has 2 aromatic carbocycles. The second-order valence-electron chi connectivity index (χ2n) is 8.71. The highest BCUT2D eigenvalue weighted by Gasteiger charge is 2.30. The first kappa shape index (κ1) is 21.6. The van der Waals surface area contributed by atoms with Crippen molar-refractivity contribution in [3.05, 3.63) is 59.9 Å². The third kappa shape index (κ3) is 5.18. The molecule has 166 valence electrons. The molecule has 31 heavy (non-hydrogen) atoms. The molecule has 1 unspecified atom stereocenters. The molecule has 0 aromatic heterocycles. The van der Waals surface area contributed by atoms with Gasteiger partial charge in [-0.1, -0.05) is 12.1 Å². The van der Waals surface area contributed by atoms with Crippen molar-refractivity contribution in [2.45, 2.75) is 38.8 Å². The third-order valence-electron chi connectivity index (χ3n) is 6.18. The number of hydrogen-bond acceptors (Lipinski definition) is 4. The molecule has 4 rings (SSSR count). The summed E-state index contributed by atoms with van der Waals surface area (Å²) in [7, 11) is 0. The van der Waals surface area contributed by atoms with Crippen LogP contribution >= 0.6 is 0 Å². The van der Waals surface area contributed by atoms with Crippen LogP contribution in [0.25, 0.3) is 0 Å². The van der Waals surface area contributed by atoms with Crippen LogP contribution in [0.3, 0.4) is 0 Å². The zero-order valence-corrected chi connectivity index (χ0v) is 18.5. The average molecular weight is 426 g/mol. The van der Waals surface area contributed by atoms with Gasteiger partial charge in [0.2, 0.25) is 0 Å². The topological polar surface area (TPSA) is 36.0 Å². The number of benzene rings is 2. The highest BCUT2D eigenvalue weighted by atomic mass is 19.1. The van der Waals surface area contributed by atoms with Crippen LogP contribution in [-0.4, -0.2) is 67.1 Å². The summed E-state index contributed by atoms with van der Waals surface area (Å²) in [4.78, 5) is 19.6. The lowest BCUT2D eigenvalue weighted by Crippen LogP contribution is -2.56. The summed E-state index contributed by atoms with van der Waals surface area (Å²) in [5.41, 5.74) is 1.40. The number of rotatable bonds is 5. The molecule has 0 saturated carbocycles. The van der Waals surface area contributed by atoms with Crippen molar-refractivity contribution in [2.24, 2.45) is 0 Å². The predicted octanol–water partition coefficient (Wildman–Crippen LogP) is 4.04. The van der Waals surface area contributed by atoms with Gasteiger partial charge in [-0.05, 0) is 63.1 Å². The number of anilines is 1. The van der Waals surface area contributed by atoms with Crippen molar-refractivity contribution in [1.29, 1.82) is 0 Å². The molecule has 5 nitrogen and oxygen atoms in total. The Labute approximate surface area is 184 Å². The van der Waals surface area contributed by atoms with E-state index in [1.807, 2.05) is 55.1 Å². The molecule has 2 saturated heterocycles.